The summed E-state index contributed by atoms with van der Waals surface area (Å²) < 4.78 is 25.3. The lowest BCUT2D eigenvalue weighted by molar-refractivity contribution is 0.0300. The Bertz CT molecular complexity index is 1070. The van der Waals surface area contributed by atoms with Crippen LogP contribution in [0.2, 0.25) is 0 Å². The molecular formula is C24H28FN5O4. The normalized spacial score (nSPS) is 19.2. The molecule has 0 aliphatic carbocycles. The zero-order valence-corrected chi connectivity index (χ0v) is 19.2. The molecule has 1 aromatic heterocycles. The van der Waals surface area contributed by atoms with E-state index in [1.54, 1.807) is 29.3 Å². The largest absolute Gasteiger partial charge is 0.447 e. The zero-order chi connectivity index (χ0) is 24.2. The number of rotatable bonds is 7. The molecule has 2 saturated heterocycles. The molecule has 1 aromatic carbocycles. The van der Waals surface area contributed by atoms with E-state index in [4.69, 9.17) is 9.47 Å². The van der Waals surface area contributed by atoms with E-state index in [0.717, 1.165) is 0 Å². The summed E-state index contributed by atoms with van der Waals surface area (Å²) in [5.74, 6) is -0.126. The van der Waals surface area contributed by atoms with Crippen molar-refractivity contribution < 1.29 is 23.5 Å². The van der Waals surface area contributed by atoms with Crippen molar-refractivity contribution in [1.29, 1.82) is 0 Å². The van der Waals surface area contributed by atoms with Crippen molar-refractivity contribution in [3.8, 4) is 0 Å². The van der Waals surface area contributed by atoms with Crippen molar-refractivity contribution in [3.63, 3.8) is 0 Å². The van der Waals surface area contributed by atoms with Gasteiger partial charge in [0.1, 0.15) is 18.2 Å². The van der Waals surface area contributed by atoms with Crippen molar-refractivity contribution in [1.82, 2.24) is 14.9 Å². The Morgan fingerprint density at radius 3 is 2.74 bits per heavy atom. The molecule has 3 heterocycles. The van der Waals surface area contributed by atoms with Crippen molar-refractivity contribution in [2.24, 2.45) is 5.92 Å². The van der Waals surface area contributed by atoms with Gasteiger partial charge in [-0.2, -0.15) is 4.98 Å². The number of aromatic nitrogens is 2. The number of carbonyl (C=O) groups is 2. The molecule has 0 bridgehead atoms. The average molecular weight is 470 g/mol. The van der Waals surface area contributed by atoms with Crippen LogP contribution in [0.4, 0.5) is 21.0 Å². The van der Waals surface area contributed by atoms with E-state index in [-0.39, 0.29) is 29.4 Å². The molecule has 10 heteroatoms. The molecule has 9 nitrogen and oxygen atoms in total. The molecule has 2 atom stereocenters. The van der Waals surface area contributed by atoms with Gasteiger partial charge in [-0.1, -0.05) is 26.0 Å². The number of cyclic esters (lactones) is 1. The molecule has 180 valence electrons. The van der Waals surface area contributed by atoms with E-state index >= 15 is 0 Å². The molecule has 2 fully saturated rings. The summed E-state index contributed by atoms with van der Waals surface area (Å²) in [6.45, 7) is 9.91. The van der Waals surface area contributed by atoms with Crippen LogP contribution in [0.1, 0.15) is 35.8 Å². The SMILES string of the molecule is C=CC(Nc1nccc(N2C(=O)OCC2C(C)C)n1)c1ccc(C(=O)N2CCOCC2)c(F)c1. The van der Waals surface area contributed by atoms with Crippen LogP contribution < -0.4 is 10.2 Å². The second kappa shape index (κ2) is 10.2. The van der Waals surface area contributed by atoms with Crippen LogP contribution in [0.25, 0.3) is 0 Å². The van der Waals surface area contributed by atoms with Crippen LogP contribution in [0.3, 0.4) is 0 Å². The molecule has 4 rings (SSSR count). The summed E-state index contributed by atoms with van der Waals surface area (Å²) in [4.78, 5) is 36.7. The Morgan fingerprint density at radius 2 is 2.06 bits per heavy atom. The predicted molar refractivity (Wildman–Crippen MR) is 124 cm³/mol. The molecule has 0 radical (unpaired) electrons. The minimum absolute atomic E-state index is 0.0129. The quantitative estimate of drug-likeness (QED) is 0.621. The minimum Gasteiger partial charge on any atom is -0.447 e. The van der Waals surface area contributed by atoms with Crippen molar-refractivity contribution in [3.05, 3.63) is 60.1 Å². The van der Waals surface area contributed by atoms with Crippen LogP contribution in [-0.2, 0) is 9.47 Å². The number of hydrogen-bond donors (Lipinski definition) is 1. The number of anilines is 2. The first kappa shape index (κ1) is 23.6. The molecule has 2 aliphatic heterocycles. The fraction of sp³-hybridized carbons (Fsp3) is 0.417. The Hall–Kier alpha value is -3.53. The summed E-state index contributed by atoms with van der Waals surface area (Å²) in [5, 5.41) is 3.11. The molecule has 0 saturated carbocycles. The molecule has 2 aromatic rings. The number of halogens is 1. The lowest BCUT2D eigenvalue weighted by Crippen LogP contribution is -2.41. The lowest BCUT2D eigenvalue weighted by atomic mass is 10.0. The Balaban J connectivity index is 1.52. The minimum atomic E-state index is -0.614. The zero-order valence-electron chi connectivity index (χ0n) is 19.2. The number of nitrogens with zero attached hydrogens (tertiary/aromatic N) is 4. The molecule has 2 amide bonds. The number of amides is 2. The highest BCUT2D eigenvalue weighted by Crippen LogP contribution is 2.27. The fourth-order valence-electron chi connectivity index (χ4n) is 4.00. The van der Waals surface area contributed by atoms with Gasteiger partial charge in [-0.3, -0.25) is 9.69 Å². The van der Waals surface area contributed by atoms with Gasteiger partial charge < -0.3 is 19.7 Å². The van der Waals surface area contributed by atoms with Gasteiger partial charge in [0.25, 0.3) is 5.91 Å². The highest BCUT2D eigenvalue weighted by molar-refractivity contribution is 5.94. The van der Waals surface area contributed by atoms with Crippen LogP contribution in [0.5, 0.6) is 0 Å². The highest BCUT2D eigenvalue weighted by atomic mass is 19.1. The predicted octanol–water partition coefficient (Wildman–Crippen LogP) is 3.41. The standard InChI is InChI=1S/C24H28FN5O4/c1-4-19(16-5-6-17(18(25)13-16)22(31)29-9-11-33-12-10-29)27-23-26-8-7-21(28-23)30-20(15(2)3)14-34-24(30)32/h4-8,13,15,19-20H,1,9-12,14H2,2-3H3,(H,26,27,28). The van der Waals surface area contributed by atoms with Crippen molar-refractivity contribution in [2.75, 3.05) is 43.1 Å². The first-order chi connectivity index (χ1) is 16.4. The number of carbonyl (C=O) groups excluding carboxylic acids is 2. The third-order valence-corrected chi connectivity index (χ3v) is 5.96. The highest BCUT2D eigenvalue weighted by Gasteiger charge is 2.37. The number of hydrogen-bond acceptors (Lipinski definition) is 7. The molecule has 0 spiro atoms. The van der Waals surface area contributed by atoms with E-state index in [2.05, 4.69) is 21.9 Å². The lowest BCUT2D eigenvalue weighted by Gasteiger charge is -2.27. The second-order valence-electron chi connectivity index (χ2n) is 8.50. The maximum Gasteiger partial charge on any atom is 0.415 e. The number of nitrogens with one attached hydrogen (secondary N) is 1. The van der Waals surface area contributed by atoms with Gasteiger partial charge in [0, 0.05) is 19.3 Å². The summed E-state index contributed by atoms with van der Waals surface area (Å²) in [6, 6.07) is 5.45. The van der Waals surface area contributed by atoms with Gasteiger partial charge in [0.2, 0.25) is 5.95 Å². The molecule has 34 heavy (non-hydrogen) atoms. The number of ether oxygens (including phenoxy) is 2. The smallest absolute Gasteiger partial charge is 0.415 e. The Kier molecular flexibility index (Phi) is 7.06. The fourth-order valence-corrected chi connectivity index (χ4v) is 4.00. The van der Waals surface area contributed by atoms with Gasteiger partial charge in [0.05, 0.1) is 30.9 Å². The van der Waals surface area contributed by atoms with E-state index in [9.17, 15) is 14.0 Å². The van der Waals surface area contributed by atoms with Crippen LogP contribution in [0.15, 0.2) is 43.1 Å². The van der Waals surface area contributed by atoms with Crippen LogP contribution in [-0.4, -0.2) is 65.8 Å². The first-order valence-corrected chi connectivity index (χ1v) is 11.2. The third kappa shape index (κ3) is 4.86. The van der Waals surface area contributed by atoms with Gasteiger partial charge in [-0.25, -0.2) is 14.2 Å². The summed E-state index contributed by atoms with van der Waals surface area (Å²) in [6.07, 6.45) is 2.68. The van der Waals surface area contributed by atoms with Crippen molar-refractivity contribution >= 4 is 23.8 Å². The van der Waals surface area contributed by atoms with Crippen LogP contribution in [0, 0.1) is 11.7 Å². The third-order valence-electron chi connectivity index (χ3n) is 5.96. The Labute approximate surface area is 197 Å². The van der Waals surface area contributed by atoms with Crippen molar-refractivity contribution in [2.45, 2.75) is 25.9 Å². The summed E-state index contributed by atoms with van der Waals surface area (Å²) >= 11 is 0. The second-order valence-corrected chi connectivity index (χ2v) is 8.50. The topological polar surface area (TPSA) is 96.9 Å². The van der Waals surface area contributed by atoms with E-state index in [1.165, 1.54) is 17.0 Å². The summed E-state index contributed by atoms with van der Waals surface area (Å²) in [5.41, 5.74) is 0.569. The Morgan fingerprint density at radius 1 is 1.29 bits per heavy atom. The first-order valence-electron chi connectivity index (χ1n) is 11.2. The number of morpholine rings is 1. The van der Waals surface area contributed by atoms with E-state index < -0.39 is 18.0 Å². The van der Waals surface area contributed by atoms with E-state index in [0.29, 0.717) is 44.3 Å². The average Bonchev–Trinajstić information content (AvgIpc) is 3.24. The maximum absolute atomic E-state index is 14.9. The maximum atomic E-state index is 14.9. The van der Waals surface area contributed by atoms with Gasteiger partial charge >= 0.3 is 6.09 Å². The molecule has 2 aliphatic rings. The monoisotopic (exact) mass is 469 g/mol. The molecular weight excluding hydrogens is 441 g/mol. The molecule has 2 unspecified atom stereocenters. The molecule has 1 N–H and O–H groups in total. The van der Waals surface area contributed by atoms with Crippen LogP contribution >= 0.6 is 0 Å². The van der Waals surface area contributed by atoms with E-state index in [1.807, 2.05) is 13.8 Å². The van der Waals surface area contributed by atoms with Gasteiger partial charge in [-0.05, 0) is 29.7 Å². The van der Waals surface area contributed by atoms with Gasteiger partial charge in [0.15, 0.2) is 0 Å². The number of benzene rings is 1. The van der Waals surface area contributed by atoms with Gasteiger partial charge in [-0.15, -0.1) is 6.58 Å². The summed E-state index contributed by atoms with van der Waals surface area (Å²) in [7, 11) is 0.